The first-order valence-electron chi connectivity index (χ1n) is 3.49. The molecule has 0 spiro atoms. The van der Waals surface area contributed by atoms with E-state index in [1.165, 1.54) is 11.3 Å². The summed E-state index contributed by atoms with van der Waals surface area (Å²) >= 11 is 7.43. The summed E-state index contributed by atoms with van der Waals surface area (Å²) in [7, 11) is 0. The Kier molecular flexibility index (Phi) is 1.70. The van der Waals surface area contributed by atoms with Crippen molar-refractivity contribution in [2.24, 2.45) is 0 Å². The van der Waals surface area contributed by atoms with E-state index in [0.717, 1.165) is 15.8 Å². The van der Waals surface area contributed by atoms with E-state index < -0.39 is 0 Å². The zero-order chi connectivity index (χ0) is 8.72. The van der Waals surface area contributed by atoms with Crippen molar-refractivity contribution in [2.75, 3.05) is 5.73 Å². The number of thiazole rings is 1. The molecule has 2 rings (SSSR count). The second kappa shape index (κ2) is 2.61. The van der Waals surface area contributed by atoms with Crippen molar-refractivity contribution in [3.05, 3.63) is 22.7 Å². The van der Waals surface area contributed by atoms with Crippen LogP contribution in [0.15, 0.2) is 12.1 Å². The summed E-state index contributed by atoms with van der Waals surface area (Å²) < 4.78 is 1.05. The van der Waals surface area contributed by atoms with E-state index in [4.69, 9.17) is 17.3 Å². The van der Waals surface area contributed by atoms with Gasteiger partial charge in [0.2, 0.25) is 0 Å². The third kappa shape index (κ3) is 1.15. The van der Waals surface area contributed by atoms with Crippen LogP contribution in [0.5, 0.6) is 0 Å². The second-order valence-corrected chi connectivity index (χ2v) is 4.12. The number of anilines is 1. The van der Waals surface area contributed by atoms with Gasteiger partial charge in [0.25, 0.3) is 0 Å². The Morgan fingerprint density at radius 3 is 3.00 bits per heavy atom. The molecule has 1 heterocycles. The Morgan fingerprint density at radius 2 is 2.25 bits per heavy atom. The summed E-state index contributed by atoms with van der Waals surface area (Å²) in [6.07, 6.45) is 0. The van der Waals surface area contributed by atoms with Crippen molar-refractivity contribution in [1.82, 2.24) is 4.98 Å². The highest BCUT2D eigenvalue weighted by atomic mass is 35.5. The molecule has 0 aliphatic rings. The lowest BCUT2D eigenvalue weighted by Crippen LogP contribution is -1.80. The number of halogens is 1. The van der Waals surface area contributed by atoms with Crippen LogP contribution in [0.2, 0.25) is 5.02 Å². The highest BCUT2D eigenvalue weighted by Gasteiger charge is 2.05. The number of nitrogens with two attached hydrogens (primary N) is 1. The lowest BCUT2D eigenvalue weighted by molar-refractivity contribution is 1.46. The van der Waals surface area contributed by atoms with Crippen molar-refractivity contribution in [3.8, 4) is 0 Å². The number of aryl methyl sites for hydroxylation is 1. The van der Waals surface area contributed by atoms with Gasteiger partial charge in [-0.05, 0) is 24.6 Å². The highest BCUT2D eigenvalue weighted by molar-refractivity contribution is 7.22. The predicted molar refractivity (Wildman–Crippen MR) is 53.8 cm³/mol. The van der Waals surface area contributed by atoms with E-state index in [1.54, 1.807) is 0 Å². The Labute approximate surface area is 79.0 Å². The fraction of sp³-hybridized carbons (Fsp3) is 0.125. The molecule has 0 unspecified atom stereocenters. The van der Waals surface area contributed by atoms with Gasteiger partial charge in [-0.25, -0.2) is 4.98 Å². The van der Waals surface area contributed by atoms with E-state index in [9.17, 15) is 0 Å². The standard InChI is InChI=1S/C8H7ClN2S/c1-4-2-5(9)7-6(3-4)12-8(10)11-7/h2-3H,1H3,(H2,10,11). The van der Waals surface area contributed by atoms with Crippen LogP contribution in [-0.2, 0) is 0 Å². The maximum absolute atomic E-state index is 5.96. The maximum atomic E-state index is 5.96. The van der Waals surface area contributed by atoms with E-state index in [-0.39, 0.29) is 0 Å². The molecule has 0 aliphatic carbocycles. The Hall–Kier alpha value is -0.800. The van der Waals surface area contributed by atoms with Crippen molar-refractivity contribution < 1.29 is 0 Å². The summed E-state index contributed by atoms with van der Waals surface area (Å²) in [4.78, 5) is 4.12. The number of aromatic nitrogens is 1. The number of hydrogen-bond donors (Lipinski definition) is 1. The van der Waals surface area contributed by atoms with E-state index in [2.05, 4.69) is 4.98 Å². The summed E-state index contributed by atoms with van der Waals surface area (Å²) in [5.74, 6) is 0. The van der Waals surface area contributed by atoms with Gasteiger partial charge >= 0.3 is 0 Å². The van der Waals surface area contributed by atoms with Crippen molar-refractivity contribution in [1.29, 1.82) is 0 Å². The molecule has 2 nitrogen and oxygen atoms in total. The zero-order valence-corrected chi connectivity index (χ0v) is 8.04. The van der Waals surface area contributed by atoms with Crippen LogP contribution >= 0.6 is 22.9 Å². The van der Waals surface area contributed by atoms with Crippen LogP contribution in [0.1, 0.15) is 5.56 Å². The third-order valence-electron chi connectivity index (χ3n) is 1.61. The molecular weight excluding hydrogens is 192 g/mol. The lowest BCUT2D eigenvalue weighted by atomic mass is 10.2. The fourth-order valence-corrected chi connectivity index (χ4v) is 2.37. The minimum absolute atomic E-state index is 0.567. The van der Waals surface area contributed by atoms with Gasteiger partial charge in [-0.2, -0.15) is 0 Å². The van der Waals surface area contributed by atoms with Crippen molar-refractivity contribution in [3.63, 3.8) is 0 Å². The zero-order valence-electron chi connectivity index (χ0n) is 6.47. The first-order chi connectivity index (χ1) is 5.66. The van der Waals surface area contributed by atoms with Crippen LogP contribution in [0.4, 0.5) is 5.13 Å². The summed E-state index contributed by atoms with van der Waals surface area (Å²) in [6, 6.07) is 3.93. The van der Waals surface area contributed by atoms with Gasteiger partial charge in [0.15, 0.2) is 5.13 Å². The van der Waals surface area contributed by atoms with Crippen LogP contribution in [0.3, 0.4) is 0 Å². The number of hydrogen-bond acceptors (Lipinski definition) is 3. The summed E-state index contributed by atoms with van der Waals surface area (Å²) in [6.45, 7) is 2.00. The Balaban J connectivity index is 2.88. The highest BCUT2D eigenvalue weighted by Crippen LogP contribution is 2.30. The monoisotopic (exact) mass is 198 g/mol. The van der Waals surface area contributed by atoms with Gasteiger partial charge in [-0.15, -0.1) is 0 Å². The lowest BCUT2D eigenvalue weighted by Gasteiger charge is -1.93. The maximum Gasteiger partial charge on any atom is 0.181 e. The van der Waals surface area contributed by atoms with Crippen LogP contribution in [0, 0.1) is 6.92 Å². The van der Waals surface area contributed by atoms with Crippen LogP contribution in [-0.4, -0.2) is 4.98 Å². The minimum atomic E-state index is 0.567. The number of nitrogen functional groups attached to an aromatic ring is 1. The second-order valence-electron chi connectivity index (χ2n) is 2.65. The number of fused-ring (bicyclic) bond motifs is 1. The van der Waals surface area contributed by atoms with E-state index in [1.807, 2.05) is 19.1 Å². The molecule has 0 atom stereocenters. The van der Waals surface area contributed by atoms with E-state index >= 15 is 0 Å². The van der Waals surface area contributed by atoms with Gasteiger partial charge in [-0.3, -0.25) is 0 Å². The Morgan fingerprint density at radius 1 is 1.50 bits per heavy atom. The van der Waals surface area contributed by atoms with Crippen LogP contribution in [0.25, 0.3) is 10.2 Å². The molecule has 2 aromatic rings. The quantitative estimate of drug-likeness (QED) is 0.707. The van der Waals surface area contributed by atoms with Crippen LogP contribution < -0.4 is 5.73 Å². The van der Waals surface area contributed by atoms with Gasteiger partial charge in [0.05, 0.1) is 9.72 Å². The molecule has 1 aromatic carbocycles. The minimum Gasteiger partial charge on any atom is -0.375 e. The molecule has 62 valence electrons. The molecule has 0 aliphatic heterocycles. The molecule has 0 saturated heterocycles. The van der Waals surface area contributed by atoms with Crippen molar-refractivity contribution >= 4 is 38.3 Å². The number of nitrogens with zero attached hydrogens (tertiary/aromatic N) is 1. The summed E-state index contributed by atoms with van der Waals surface area (Å²) in [5, 5.41) is 1.25. The molecule has 12 heavy (non-hydrogen) atoms. The average molecular weight is 199 g/mol. The van der Waals surface area contributed by atoms with Gasteiger partial charge in [-0.1, -0.05) is 22.9 Å². The molecule has 0 bridgehead atoms. The molecular formula is C8H7ClN2S. The predicted octanol–water partition coefficient (Wildman–Crippen LogP) is 2.84. The molecule has 0 fully saturated rings. The number of benzene rings is 1. The molecule has 0 radical (unpaired) electrons. The first-order valence-corrected chi connectivity index (χ1v) is 4.68. The largest absolute Gasteiger partial charge is 0.375 e. The molecule has 1 aromatic heterocycles. The first kappa shape index (κ1) is 7.83. The van der Waals surface area contributed by atoms with Gasteiger partial charge in [0, 0.05) is 0 Å². The Bertz CT molecular complexity index is 436. The van der Waals surface area contributed by atoms with Crippen molar-refractivity contribution in [2.45, 2.75) is 6.92 Å². The normalized spacial score (nSPS) is 10.8. The molecule has 0 amide bonds. The fourth-order valence-electron chi connectivity index (χ4n) is 1.13. The topological polar surface area (TPSA) is 38.9 Å². The van der Waals surface area contributed by atoms with Gasteiger partial charge in [0.1, 0.15) is 5.52 Å². The average Bonchev–Trinajstić information content (AvgIpc) is 2.29. The molecule has 4 heteroatoms. The molecule has 2 N–H and O–H groups in total. The van der Waals surface area contributed by atoms with Gasteiger partial charge < -0.3 is 5.73 Å². The molecule has 0 saturated carbocycles. The smallest absolute Gasteiger partial charge is 0.181 e. The summed E-state index contributed by atoms with van der Waals surface area (Å²) in [5.41, 5.74) is 7.50. The SMILES string of the molecule is Cc1cc(Cl)c2nc(N)sc2c1. The van der Waals surface area contributed by atoms with E-state index in [0.29, 0.717) is 10.2 Å². The third-order valence-corrected chi connectivity index (χ3v) is 2.73. The number of rotatable bonds is 0.